The third kappa shape index (κ3) is 2.84. The van der Waals surface area contributed by atoms with Crippen LogP contribution in [0.25, 0.3) is 0 Å². The lowest BCUT2D eigenvalue weighted by molar-refractivity contribution is -0.184. The van der Waals surface area contributed by atoms with E-state index in [0.29, 0.717) is 18.2 Å². The van der Waals surface area contributed by atoms with E-state index in [2.05, 4.69) is 15.9 Å². The van der Waals surface area contributed by atoms with Crippen molar-refractivity contribution in [3.8, 4) is 0 Å². The van der Waals surface area contributed by atoms with E-state index in [1.807, 2.05) is 6.92 Å². The van der Waals surface area contributed by atoms with E-state index in [9.17, 15) is 19.2 Å². The van der Waals surface area contributed by atoms with Crippen molar-refractivity contribution >= 4 is 39.6 Å². The lowest BCUT2D eigenvalue weighted by Gasteiger charge is -2.51. The zero-order valence-corrected chi connectivity index (χ0v) is 15.4. The van der Waals surface area contributed by atoms with Crippen LogP contribution in [-0.2, 0) is 19.2 Å². The van der Waals surface area contributed by atoms with Gasteiger partial charge in [0.15, 0.2) is 0 Å². The molecule has 2 unspecified atom stereocenters. The van der Waals surface area contributed by atoms with E-state index < -0.39 is 40.9 Å². The average Bonchev–Trinajstić information content (AvgIpc) is 2.45. The van der Waals surface area contributed by atoms with Gasteiger partial charge in [0.2, 0.25) is 23.6 Å². The van der Waals surface area contributed by atoms with Gasteiger partial charge in [0.05, 0.1) is 0 Å². The Balaban J connectivity index is 2.40. The topological polar surface area (TPSA) is 74.8 Å². The first kappa shape index (κ1) is 18.1. The highest BCUT2D eigenvalue weighted by Gasteiger charge is 2.64. The molecule has 0 N–H and O–H groups in total. The number of fused-ring (bicyclic) bond motifs is 2. The van der Waals surface area contributed by atoms with Gasteiger partial charge in [0.1, 0.15) is 11.8 Å². The first-order chi connectivity index (χ1) is 10.8. The molecular weight excluding hydrogens is 364 g/mol. The zero-order chi connectivity index (χ0) is 17.4. The number of imide groups is 2. The number of halogens is 1. The summed E-state index contributed by atoms with van der Waals surface area (Å²) >= 11 is 3.27. The summed E-state index contributed by atoms with van der Waals surface area (Å²) in [6, 6.07) is 0. The molecule has 0 saturated carbocycles. The molecule has 128 valence electrons. The molecule has 2 rings (SSSR count). The number of alkyl halides is 1. The monoisotopic (exact) mass is 386 g/mol. The Morgan fingerprint density at radius 3 is 1.61 bits per heavy atom. The molecule has 2 aliphatic rings. The summed E-state index contributed by atoms with van der Waals surface area (Å²) in [5, 5.41) is 0.646. The Morgan fingerprint density at radius 2 is 1.26 bits per heavy atom. The van der Waals surface area contributed by atoms with Crippen LogP contribution in [0.3, 0.4) is 0 Å². The molecule has 0 aromatic rings. The van der Waals surface area contributed by atoms with Crippen molar-refractivity contribution in [3.63, 3.8) is 0 Å². The predicted octanol–water partition coefficient (Wildman–Crippen LogP) is 1.57. The summed E-state index contributed by atoms with van der Waals surface area (Å²) in [4.78, 5) is 53.2. The van der Waals surface area contributed by atoms with Gasteiger partial charge < -0.3 is 0 Å². The summed E-state index contributed by atoms with van der Waals surface area (Å²) in [5.74, 6) is -3.73. The van der Waals surface area contributed by atoms with Crippen LogP contribution in [-0.4, -0.2) is 51.8 Å². The third-order valence-electron chi connectivity index (χ3n) is 4.79. The molecule has 2 bridgehead atoms. The lowest BCUT2D eigenvalue weighted by Crippen LogP contribution is -2.70. The second-order valence-electron chi connectivity index (χ2n) is 6.74. The highest BCUT2D eigenvalue weighted by molar-refractivity contribution is 9.09. The maximum absolute atomic E-state index is 12.7. The normalized spacial score (nSPS) is 27.0. The van der Waals surface area contributed by atoms with Gasteiger partial charge in [-0.2, -0.15) is 0 Å². The SMILES string of the molecule is CCCCN1C(=O)C2C(=O)N(CCCBr)C(=O)C(C1=O)C2(C)C. The van der Waals surface area contributed by atoms with Crippen molar-refractivity contribution in [3.05, 3.63) is 0 Å². The summed E-state index contributed by atoms with van der Waals surface area (Å²) in [6.07, 6.45) is 2.10. The second kappa shape index (κ2) is 6.71. The minimum absolute atomic E-state index is 0.238. The van der Waals surface area contributed by atoms with E-state index >= 15 is 0 Å². The number of carbonyl (C=O) groups excluding carboxylic acids is 4. The molecule has 0 aromatic heterocycles. The maximum Gasteiger partial charge on any atom is 0.242 e. The lowest BCUT2D eigenvalue weighted by atomic mass is 9.62. The van der Waals surface area contributed by atoms with Gasteiger partial charge >= 0.3 is 0 Å². The minimum atomic E-state index is -0.962. The van der Waals surface area contributed by atoms with E-state index in [0.717, 1.165) is 16.2 Å². The summed E-state index contributed by atoms with van der Waals surface area (Å²) in [5.41, 5.74) is -0.962. The smallest absolute Gasteiger partial charge is 0.242 e. The molecular formula is C16H23BrN2O4. The van der Waals surface area contributed by atoms with Gasteiger partial charge in [0.25, 0.3) is 0 Å². The van der Waals surface area contributed by atoms with Crippen LogP contribution < -0.4 is 0 Å². The molecule has 2 fully saturated rings. The minimum Gasteiger partial charge on any atom is -0.281 e. The van der Waals surface area contributed by atoms with Crippen LogP contribution >= 0.6 is 15.9 Å². The number of piperidine rings is 2. The Labute approximate surface area is 144 Å². The largest absolute Gasteiger partial charge is 0.281 e. The molecule has 0 spiro atoms. The second-order valence-corrected chi connectivity index (χ2v) is 7.53. The van der Waals surface area contributed by atoms with Crippen molar-refractivity contribution in [2.24, 2.45) is 17.3 Å². The standard InChI is InChI=1S/C16H23BrN2O4/c1-4-5-8-18-12(20)10-14(22)19(9-6-7-17)15(23)11(13(18)21)16(10,2)3/h10-11H,4-9H2,1-3H3. The van der Waals surface area contributed by atoms with E-state index in [1.165, 1.54) is 0 Å². The maximum atomic E-state index is 12.7. The van der Waals surface area contributed by atoms with Gasteiger partial charge in [-0.25, -0.2) is 0 Å². The Bertz CT molecular complexity index is 468. The summed E-state index contributed by atoms with van der Waals surface area (Å²) in [7, 11) is 0. The number of rotatable bonds is 6. The van der Waals surface area contributed by atoms with Crippen molar-refractivity contribution in [1.29, 1.82) is 0 Å². The van der Waals surface area contributed by atoms with E-state index in [4.69, 9.17) is 0 Å². The van der Waals surface area contributed by atoms with Crippen LogP contribution in [0.15, 0.2) is 0 Å². The van der Waals surface area contributed by atoms with Crippen LogP contribution in [0.4, 0.5) is 0 Å². The molecule has 2 heterocycles. The van der Waals surface area contributed by atoms with Crippen molar-refractivity contribution in [1.82, 2.24) is 9.80 Å². The molecule has 7 heteroatoms. The highest BCUT2D eigenvalue weighted by atomic mass is 79.9. The van der Waals surface area contributed by atoms with E-state index in [-0.39, 0.29) is 13.1 Å². The number of hydrogen-bond acceptors (Lipinski definition) is 4. The Morgan fingerprint density at radius 1 is 0.870 bits per heavy atom. The first-order valence-electron chi connectivity index (χ1n) is 8.05. The summed E-state index contributed by atoms with van der Waals surface area (Å²) in [6.45, 7) is 5.82. The Hall–Kier alpha value is -1.24. The van der Waals surface area contributed by atoms with Gasteiger partial charge in [0, 0.05) is 23.8 Å². The number of carbonyl (C=O) groups is 4. The van der Waals surface area contributed by atoms with Crippen molar-refractivity contribution in [2.45, 2.75) is 40.0 Å². The van der Waals surface area contributed by atoms with Gasteiger partial charge in [-0.15, -0.1) is 0 Å². The molecule has 23 heavy (non-hydrogen) atoms. The number of unbranched alkanes of at least 4 members (excludes halogenated alkanes) is 1. The quantitative estimate of drug-likeness (QED) is 0.394. The number of amides is 4. The highest BCUT2D eigenvalue weighted by Crippen LogP contribution is 2.47. The van der Waals surface area contributed by atoms with Crippen LogP contribution in [0.1, 0.15) is 40.0 Å². The number of hydrogen-bond donors (Lipinski definition) is 0. The van der Waals surface area contributed by atoms with Crippen LogP contribution in [0, 0.1) is 17.3 Å². The molecule has 4 amide bonds. The molecule has 0 radical (unpaired) electrons. The van der Waals surface area contributed by atoms with Crippen molar-refractivity contribution in [2.75, 3.05) is 18.4 Å². The molecule has 2 atom stereocenters. The third-order valence-corrected chi connectivity index (χ3v) is 5.35. The molecule has 2 aliphatic heterocycles. The fourth-order valence-electron chi connectivity index (χ4n) is 3.47. The average molecular weight is 387 g/mol. The van der Waals surface area contributed by atoms with E-state index in [1.54, 1.807) is 13.8 Å². The van der Waals surface area contributed by atoms with Gasteiger partial charge in [-0.05, 0) is 12.8 Å². The zero-order valence-electron chi connectivity index (χ0n) is 13.8. The fourth-order valence-corrected chi connectivity index (χ4v) is 3.72. The predicted molar refractivity (Wildman–Crippen MR) is 87.5 cm³/mol. The Kier molecular flexibility index (Phi) is 5.28. The molecule has 2 saturated heterocycles. The summed E-state index contributed by atoms with van der Waals surface area (Å²) < 4.78 is 0. The van der Waals surface area contributed by atoms with Crippen LogP contribution in [0.5, 0.6) is 0 Å². The van der Waals surface area contributed by atoms with Gasteiger partial charge in [-0.1, -0.05) is 43.1 Å². The van der Waals surface area contributed by atoms with Gasteiger partial charge in [-0.3, -0.25) is 29.0 Å². The van der Waals surface area contributed by atoms with Crippen molar-refractivity contribution < 1.29 is 19.2 Å². The first-order valence-corrected chi connectivity index (χ1v) is 9.17. The number of nitrogens with zero attached hydrogens (tertiary/aromatic N) is 2. The molecule has 0 aromatic carbocycles. The molecule has 6 nitrogen and oxygen atoms in total. The fraction of sp³-hybridized carbons (Fsp3) is 0.750. The molecule has 0 aliphatic carbocycles. The van der Waals surface area contributed by atoms with Crippen LogP contribution in [0.2, 0.25) is 0 Å². The number of likely N-dealkylation sites (tertiary alicyclic amines) is 2.